The van der Waals surface area contributed by atoms with E-state index in [0.29, 0.717) is 24.0 Å². The molecular weight excluding hydrogens is 399 g/mol. The van der Waals surface area contributed by atoms with Gasteiger partial charge in [0.15, 0.2) is 5.82 Å². The van der Waals surface area contributed by atoms with Crippen LogP contribution in [0, 0.1) is 11.7 Å². The smallest absolute Gasteiger partial charge is 0.416 e. The van der Waals surface area contributed by atoms with E-state index in [1.165, 1.54) is 10.7 Å². The molecule has 1 saturated heterocycles. The summed E-state index contributed by atoms with van der Waals surface area (Å²) in [6.45, 7) is 1.31. The van der Waals surface area contributed by atoms with Crippen LogP contribution in [0.4, 0.5) is 20.7 Å². The summed E-state index contributed by atoms with van der Waals surface area (Å²) in [6, 6.07) is 6.56. The fourth-order valence-electron chi connectivity index (χ4n) is 4.34. The van der Waals surface area contributed by atoms with Gasteiger partial charge in [0.1, 0.15) is 17.1 Å². The van der Waals surface area contributed by atoms with Crippen molar-refractivity contribution >= 4 is 17.6 Å². The van der Waals surface area contributed by atoms with Crippen LogP contribution in [0.5, 0.6) is 0 Å². The number of ether oxygens (including phenoxy) is 1. The van der Waals surface area contributed by atoms with Crippen molar-refractivity contribution in [2.75, 3.05) is 23.3 Å². The van der Waals surface area contributed by atoms with Gasteiger partial charge in [0.2, 0.25) is 0 Å². The standard InChI is InChI=1S/C22H23FN6O2/c23-18-3-1-2-4-19(18)29-14-17(12-27-29)26-11-16-5-7-22(8-6-16)15-28(21(30)31-22)20-13-24-9-10-25-20/h1-4,9-10,12-14,16,26H,5-8,11,15H2. The Labute approximate surface area is 179 Å². The number of benzene rings is 1. The van der Waals surface area contributed by atoms with Gasteiger partial charge in [-0.2, -0.15) is 5.10 Å². The summed E-state index contributed by atoms with van der Waals surface area (Å²) in [4.78, 5) is 22.2. The van der Waals surface area contributed by atoms with E-state index in [2.05, 4.69) is 20.4 Å². The molecule has 1 aliphatic carbocycles. The Hall–Kier alpha value is -3.49. The number of halogens is 1. The van der Waals surface area contributed by atoms with Crippen LogP contribution in [0.2, 0.25) is 0 Å². The molecule has 31 heavy (non-hydrogen) atoms. The first-order valence-electron chi connectivity index (χ1n) is 10.4. The lowest BCUT2D eigenvalue weighted by Crippen LogP contribution is -2.39. The number of hydrogen-bond donors (Lipinski definition) is 1. The molecule has 2 aliphatic rings. The zero-order valence-corrected chi connectivity index (χ0v) is 16.9. The molecule has 0 unspecified atom stereocenters. The van der Waals surface area contributed by atoms with Crippen LogP contribution in [-0.4, -0.2) is 44.5 Å². The Morgan fingerprint density at radius 2 is 2.03 bits per heavy atom. The van der Waals surface area contributed by atoms with Gasteiger partial charge in [0, 0.05) is 18.9 Å². The van der Waals surface area contributed by atoms with Crippen LogP contribution in [0.15, 0.2) is 55.2 Å². The minimum Gasteiger partial charge on any atom is -0.441 e. The quantitative estimate of drug-likeness (QED) is 0.673. The highest BCUT2D eigenvalue weighted by Gasteiger charge is 2.48. The SMILES string of the molecule is O=C1OC2(CCC(CNc3cnn(-c4ccccc4F)c3)CC2)CN1c1cnccn1. The summed E-state index contributed by atoms with van der Waals surface area (Å²) in [7, 11) is 0. The zero-order chi connectivity index (χ0) is 21.3. The predicted molar refractivity (Wildman–Crippen MR) is 113 cm³/mol. The molecule has 1 N–H and O–H groups in total. The van der Waals surface area contributed by atoms with Gasteiger partial charge in [0.25, 0.3) is 0 Å². The Kier molecular flexibility index (Phi) is 5.01. The van der Waals surface area contributed by atoms with Crippen molar-refractivity contribution in [3.63, 3.8) is 0 Å². The van der Waals surface area contributed by atoms with Crippen molar-refractivity contribution in [3.8, 4) is 5.69 Å². The van der Waals surface area contributed by atoms with E-state index in [9.17, 15) is 9.18 Å². The molecule has 0 atom stereocenters. The maximum Gasteiger partial charge on any atom is 0.416 e. The summed E-state index contributed by atoms with van der Waals surface area (Å²) >= 11 is 0. The number of amides is 1. The Balaban J connectivity index is 1.15. The lowest BCUT2D eigenvalue weighted by molar-refractivity contribution is 0.0148. The third-order valence-electron chi connectivity index (χ3n) is 6.09. The number of aromatic nitrogens is 4. The molecule has 5 rings (SSSR count). The predicted octanol–water partition coefficient (Wildman–Crippen LogP) is 3.80. The highest BCUT2D eigenvalue weighted by molar-refractivity contribution is 5.88. The van der Waals surface area contributed by atoms with Crippen LogP contribution in [-0.2, 0) is 4.74 Å². The molecule has 9 heteroatoms. The van der Waals surface area contributed by atoms with Gasteiger partial charge in [-0.3, -0.25) is 9.88 Å². The first-order valence-corrected chi connectivity index (χ1v) is 10.4. The van der Waals surface area contributed by atoms with Crippen molar-refractivity contribution in [3.05, 3.63) is 61.1 Å². The maximum atomic E-state index is 13.9. The first kappa shape index (κ1) is 19.5. The molecule has 2 fully saturated rings. The number of nitrogens with one attached hydrogen (secondary N) is 1. The monoisotopic (exact) mass is 422 g/mol. The van der Waals surface area contributed by atoms with Crippen LogP contribution < -0.4 is 10.2 Å². The number of para-hydroxylation sites is 1. The fraction of sp³-hybridized carbons (Fsp3) is 0.364. The molecular formula is C22H23FN6O2. The summed E-state index contributed by atoms with van der Waals surface area (Å²) in [5, 5.41) is 7.66. The highest BCUT2D eigenvalue weighted by Crippen LogP contribution is 2.40. The highest BCUT2D eigenvalue weighted by atomic mass is 19.1. The number of carbonyl (C=O) groups is 1. The van der Waals surface area contributed by atoms with Crippen LogP contribution in [0.3, 0.4) is 0 Å². The maximum absolute atomic E-state index is 13.9. The van der Waals surface area contributed by atoms with E-state index >= 15 is 0 Å². The van der Waals surface area contributed by atoms with E-state index in [-0.39, 0.29) is 11.9 Å². The first-order chi connectivity index (χ1) is 15.1. The summed E-state index contributed by atoms with van der Waals surface area (Å²) in [5.74, 6) is 0.683. The second-order valence-corrected chi connectivity index (χ2v) is 8.15. The minimum atomic E-state index is -0.444. The van der Waals surface area contributed by atoms with Crippen LogP contribution in [0.25, 0.3) is 5.69 Å². The summed E-state index contributed by atoms with van der Waals surface area (Å²) in [6.07, 6.45) is 11.4. The summed E-state index contributed by atoms with van der Waals surface area (Å²) in [5.41, 5.74) is 0.830. The molecule has 160 valence electrons. The van der Waals surface area contributed by atoms with E-state index in [4.69, 9.17) is 4.74 Å². The second-order valence-electron chi connectivity index (χ2n) is 8.15. The second kappa shape index (κ2) is 7.98. The van der Waals surface area contributed by atoms with Gasteiger partial charge >= 0.3 is 6.09 Å². The van der Waals surface area contributed by atoms with Gasteiger partial charge in [-0.1, -0.05) is 12.1 Å². The molecule has 8 nitrogen and oxygen atoms in total. The van der Waals surface area contributed by atoms with E-state index in [1.807, 2.05) is 0 Å². The third-order valence-corrected chi connectivity index (χ3v) is 6.09. The number of anilines is 2. The van der Waals surface area contributed by atoms with Crippen molar-refractivity contribution in [2.24, 2.45) is 5.92 Å². The largest absolute Gasteiger partial charge is 0.441 e. The molecule has 0 bridgehead atoms. The Morgan fingerprint density at radius 1 is 1.19 bits per heavy atom. The minimum absolute atomic E-state index is 0.309. The topological polar surface area (TPSA) is 85.2 Å². The van der Waals surface area contributed by atoms with E-state index < -0.39 is 5.60 Å². The molecule has 2 aromatic heterocycles. The molecule has 1 aliphatic heterocycles. The van der Waals surface area contributed by atoms with Crippen molar-refractivity contribution < 1.29 is 13.9 Å². The number of nitrogens with zero attached hydrogens (tertiary/aromatic N) is 5. The van der Waals surface area contributed by atoms with Gasteiger partial charge in [-0.25, -0.2) is 18.9 Å². The van der Waals surface area contributed by atoms with Crippen molar-refractivity contribution in [1.82, 2.24) is 19.7 Å². The Morgan fingerprint density at radius 3 is 2.81 bits per heavy atom. The third kappa shape index (κ3) is 3.95. The molecule has 1 saturated carbocycles. The van der Waals surface area contributed by atoms with E-state index in [1.54, 1.807) is 54.1 Å². The zero-order valence-electron chi connectivity index (χ0n) is 16.9. The van der Waals surface area contributed by atoms with Gasteiger partial charge < -0.3 is 10.1 Å². The summed E-state index contributed by atoms with van der Waals surface area (Å²) < 4.78 is 21.3. The van der Waals surface area contributed by atoms with Crippen molar-refractivity contribution in [2.45, 2.75) is 31.3 Å². The molecule has 1 amide bonds. The number of carbonyl (C=O) groups excluding carboxylic acids is 1. The average Bonchev–Trinajstić information content (AvgIpc) is 3.39. The van der Waals surface area contributed by atoms with Crippen LogP contribution in [0.1, 0.15) is 25.7 Å². The van der Waals surface area contributed by atoms with Crippen molar-refractivity contribution in [1.29, 1.82) is 0 Å². The van der Waals surface area contributed by atoms with Gasteiger partial charge in [-0.15, -0.1) is 0 Å². The van der Waals surface area contributed by atoms with Crippen LogP contribution >= 0.6 is 0 Å². The molecule has 1 aromatic carbocycles. The average molecular weight is 422 g/mol. The number of rotatable bonds is 5. The number of hydrogen-bond acceptors (Lipinski definition) is 6. The fourth-order valence-corrected chi connectivity index (χ4v) is 4.34. The molecule has 3 aromatic rings. The molecule has 3 heterocycles. The van der Waals surface area contributed by atoms with E-state index in [0.717, 1.165) is 37.9 Å². The molecule has 0 radical (unpaired) electrons. The van der Waals surface area contributed by atoms with Gasteiger partial charge in [0.05, 0.1) is 30.8 Å². The lowest BCUT2D eigenvalue weighted by Gasteiger charge is -2.35. The Bertz CT molecular complexity index is 1060. The lowest BCUT2D eigenvalue weighted by atomic mass is 9.78. The molecule has 1 spiro atoms. The van der Waals surface area contributed by atoms with Gasteiger partial charge in [-0.05, 0) is 43.7 Å². The normalized spacial score (nSPS) is 23.2.